The van der Waals surface area contributed by atoms with E-state index < -0.39 is 41.3 Å². The molecule has 0 bridgehead atoms. The van der Waals surface area contributed by atoms with Gasteiger partial charge in [0.2, 0.25) is 23.6 Å². The summed E-state index contributed by atoms with van der Waals surface area (Å²) < 4.78 is 38.1. The van der Waals surface area contributed by atoms with Crippen LogP contribution in [0.2, 0.25) is 0 Å². The van der Waals surface area contributed by atoms with Crippen molar-refractivity contribution in [1.82, 2.24) is 26.6 Å². The quantitative estimate of drug-likeness (QED) is 0.0205. The number of hydrogen-bond acceptors (Lipinski definition) is 15. The number of carbonyl (C=O) groups excluding carboxylic acids is 7. The van der Waals surface area contributed by atoms with Crippen molar-refractivity contribution >= 4 is 47.6 Å². The SMILES string of the molecule is CC(C)(C)OC(=O)CCCCCCCCCCCCCCCCC(=O)N[C@H](CCC(=O)NCCOCCOCC(=O)NCCOCCOCC(=O)NCCCC[C@H](NC(=O)OCC1c2ccccc2-c2ccccc21)C(=O)O)C(=O)OC(C)(C)C. The molecule has 0 aliphatic heterocycles. The summed E-state index contributed by atoms with van der Waals surface area (Å²) in [5.41, 5.74) is 3.11. The summed E-state index contributed by atoms with van der Waals surface area (Å²) in [6.07, 6.45) is 16.7. The third kappa shape index (κ3) is 35.2. The third-order valence-electron chi connectivity index (χ3n) is 13.7. The lowest BCUT2D eigenvalue weighted by Gasteiger charge is -2.24. The van der Waals surface area contributed by atoms with Gasteiger partial charge in [0.1, 0.15) is 43.1 Å². The second kappa shape index (κ2) is 42.6. The van der Waals surface area contributed by atoms with Crippen molar-refractivity contribution in [2.75, 3.05) is 79.1 Å². The Balaban J connectivity index is 1.09. The third-order valence-corrected chi connectivity index (χ3v) is 13.7. The number of carboxylic acids is 1. The zero-order chi connectivity index (χ0) is 62.1. The van der Waals surface area contributed by atoms with Crippen LogP contribution < -0.4 is 26.6 Å². The van der Waals surface area contributed by atoms with Crippen molar-refractivity contribution in [1.29, 1.82) is 0 Å². The van der Waals surface area contributed by atoms with Crippen LogP contribution in [0.5, 0.6) is 0 Å². The summed E-state index contributed by atoms with van der Waals surface area (Å²) in [4.78, 5) is 99.1. The number of carboxylic acid groups (broad SMARTS) is 1. The number of fused-ring (bicyclic) bond motifs is 3. The maximum absolute atomic E-state index is 13.0. The Kier molecular flexibility index (Phi) is 36.7. The van der Waals surface area contributed by atoms with Crippen molar-refractivity contribution in [3.05, 3.63) is 59.7 Å². The van der Waals surface area contributed by atoms with Crippen LogP contribution in [0.3, 0.4) is 0 Å². The number of carbonyl (C=O) groups is 8. The predicted octanol–water partition coefficient (Wildman–Crippen LogP) is 8.75. The minimum atomic E-state index is -1.18. The van der Waals surface area contributed by atoms with Gasteiger partial charge in [-0.3, -0.25) is 24.0 Å². The Labute approximate surface area is 504 Å². The van der Waals surface area contributed by atoms with Crippen LogP contribution in [0.15, 0.2) is 48.5 Å². The second-order valence-corrected chi connectivity index (χ2v) is 23.5. The van der Waals surface area contributed by atoms with Crippen LogP contribution in [-0.4, -0.2) is 155 Å². The zero-order valence-electron chi connectivity index (χ0n) is 51.8. The molecule has 478 valence electrons. The normalized spacial score (nSPS) is 12.7. The van der Waals surface area contributed by atoms with E-state index in [1.165, 1.54) is 44.9 Å². The summed E-state index contributed by atoms with van der Waals surface area (Å²) in [5, 5.41) is 23.1. The lowest BCUT2D eigenvalue weighted by Crippen LogP contribution is -2.44. The fraction of sp³-hybridized carbons (Fsp3) is 0.688. The lowest BCUT2D eigenvalue weighted by atomic mass is 9.98. The average molecular weight is 1200 g/mol. The second-order valence-electron chi connectivity index (χ2n) is 23.5. The fourth-order valence-corrected chi connectivity index (χ4v) is 9.46. The Hall–Kier alpha value is -6.16. The number of unbranched alkanes of at least 4 members (excludes halogenated alkanes) is 14. The molecule has 0 aromatic heterocycles. The minimum absolute atomic E-state index is 0.00203. The smallest absolute Gasteiger partial charge is 0.407 e. The molecule has 5 amide bonds. The number of benzene rings is 2. The Bertz CT molecular complexity index is 2260. The van der Waals surface area contributed by atoms with Gasteiger partial charge in [0.05, 0.1) is 39.6 Å². The molecule has 0 radical (unpaired) electrons. The molecule has 85 heavy (non-hydrogen) atoms. The number of amides is 5. The number of aliphatic carboxylic acids is 1. The Morgan fingerprint density at radius 2 is 0.918 bits per heavy atom. The standard InChI is InChI=1S/C64H101N5O16/c1-63(2,3)84-59(74)33-20-18-16-14-12-10-8-7-9-11-13-15-17-19-32-56(71)68-54(61(77)85-64(4,5)6)34-35-55(70)66-37-39-79-41-44-82-47-58(73)67-38-40-80-42-43-81-46-57(72)65-36-26-25-31-53(60(75)76)69-62(78)83-45-52-50-29-23-21-27-48(50)49-28-22-24-30-51(49)52/h21-24,27-30,52-54H,7-20,25-26,31-47H2,1-6H3,(H,65,72)(H,66,70)(H,67,73)(H,68,71)(H,69,78)(H,75,76)/t53-,54+/m0/s1. The van der Waals surface area contributed by atoms with Gasteiger partial charge in [0.15, 0.2) is 0 Å². The summed E-state index contributed by atoms with van der Waals surface area (Å²) in [7, 11) is 0. The molecule has 2 aromatic rings. The van der Waals surface area contributed by atoms with E-state index in [2.05, 4.69) is 26.6 Å². The largest absolute Gasteiger partial charge is 0.480 e. The number of alkyl carbamates (subject to hydrolysis) is 1. The Morgan fingerprint density at radius 1 is 0.459 bits per heavy atom. The molecule has 1 aliphatic rings. The topological polar surface area (TPSA) is 282 Å². The molecule has 21 nitrogen and oxygen atoms in total. The van der Waals surface area contributed by atoms with E-state index in [-0.39, 0.29) is 127 Å². The number of hydrogen-bond donors (Lipinski definition) is 6. The monoisotopic (exact) mass is 1200 g/mol. The average Bonchev–Trinajstić information content (AvgIpc) is 3.59. The molecule has 3 rings (SSSR count). The molecule has 6 N–H and O–H groups in total. The van der Waals surface area contributed by atoms with Gasteiger partial charge in [0, 0.05) is 44.8 Å². The van der Waals surface area contributed by atoms with Gasteiger partial charge in [-0.05, 0) is 102 Å². The molecule has 0 saturated carbocycles. The predicted molar refractivity (Wildman–Crippen MR) is 323 cm³/mol. The van der Waals surface area contributed by atoms with E-state index in [0.717, 1.165) is 67.2 Å². The van der Waals surface area contributed by atoms with Crippen LogP contribution in [0.1, 0.15) is 193 Å². The van der Waals surface area contributed by atoms with Crippen molar-refractivity contribution in [2.24, 2.45) is 0 Å². The molecule has 2 atom stereocenters. The van der Waals surface area contributed by atoms with Crippen LogP contribution in [0.4, 0.5) is 4.79 Å². The molecule has 0 unspecified atom stereocenters. The summed E-state index contributed by atoms with van der Waals surface area (Å²) >= 11 is 0. The van der Waals surface area contributed by atoms with Gasteiger partial charge in [0.25, 0.3) is 0 Å². The van der Waals surface area contributed by atoms with Gasteiger partial charge in [-0.1, -0.05) is 126 Å². The van der Waals surface area contributed by atoms with E-state index in [0.29, 0.717) is 32.2 Å². The minimum Gasteiger partial charge on any atom is -0.480 e. The van der Waals surface area contributed by atoms with Gasteiger partial charge < -0.3 is 64.8 Å². The molecule has 1 aliphatic carbocycles. The summed E-state index contributed by atoms with van der Waals surface area (Å²) in [5.74, 6) is -3.24. The van der Waals surface area contributed by atoms with Crippen LogP contribution in [-0.2, 0) is 66.7 Å². The molecular weight excluding hydrogens is 1090 g/mol. The van der Waals surface area contributed by atoms with Crippen molar-refractivity contribution in [2.45, 2.75) is 206 Å². The first-order valence-corrected chi connectivity index (χ1v) is 30.9. The zero-order valence-corrected chi connectivity index (χ0v) is 51.8. The highest BCUT2D eigenvalue weighted by atomic mass is 16.6. The number of rotatable bonds is 47. The number of ether oxygens (including phenoxy) is 7. The first-order chi connectivity index (χ1) is 40.7. The van der Waals surface area contributed by atoms with E-state index in [1.54, 1.807) is 20.8 Å². The Morgan fingerprint density at radius 3 is 1.42 bits per heavy atom. The maximum atomic E-state index is 13.0. The van der Waals surface area contributed by atoms with Gasteiger partial charge in [-0.25, -0.2) is 14.4 Å². The fourth-order valence-electron chi connectivity index (χ4n) is 9.46. The van der Waals surface area contributed by atoms with E-state index in [4.69, 9.17) is 33.2 Å². The number of esters is 2. The van der Waals surface area contributed by atoms with Crippen LogP contribution in [0.25, 0.3) is 11.1 Å². The van der Waals surface area contributed by atoms with Crippen molar-refractivity contribution in [3.63, 3.8) is 0 Å². The first-order valence-electron chi connectivity index (χ1n) is 30.9. The van der Waals surface area contributed by atoms with E-state index in [1.807, 2.05) is 69.3 Å². The molecule has 2 aromatic carbocycles. The first kappa shape index (κ1) is 73.1. The highest BCUT2D eigenvalue weighted by Crippen LogP contribution is 2.44. The maximum Gasteiger partial charge on any atom is 0.407 e. The number of nitrogens with one attached hydrogen (secondary N) is 5. The van der Waals surface area contributed by atoms with Crippen molar-refractivity contribution < 1.29 is 76.6 Å². The molecule has 21 heteroatoms. The highest BCUT2D eigenvalue weighted by molar-refractivity contribution is 5.86. The molecule has 0 saturated heterocycles. The summed E-state index contributed by atoms with van der Waals surface area (Å²) in [6.45, 7) is 12.5. The lowest BCUT2D eigenvalue weighted by molar-refractivity contribution is -0.159. The molecular formula is C64H101N5O16. The van der Waals surface area contributed by atoms with Crippen LogP contribution in [0, 0.1) is 0 Å². The molecule has 0 fully saturated rings. The molecule has 0 heterocycles. The highest BCUT2D eigenvalue weighted by Gasteiger charge is 2.31. The van der Waals surface area contributed by atoms with Gasteiger partial charge in [-0.15, -0.1) is 0 Å². The van der Waals surface area contributed by atoms with E-state index in [9.17, 15) is 43.5 Å². The summed E-state index contributed by atoms with van der Waals surface area (Å²) in [6, 6.07) is 13.8. The van der Waals surface area contributed by atoms with Gasteiger partial charge in [-0.2, -0.15) is 0 Å². The van der Waals surface area contributed by atoms with E-state index >= 15 is 0 Å². The van der Waals surface area contributed by atoms with Crippen molar-refractivity contribution in [3.8, 4) is 11.1 Å². The van der Waals surface area contributed by atoms with Gasteiger partial charge >= 0.3 is 24.0 Å². The van der Waals surface area contributed by atoms with Crippen LogP contribution >= 0.6 is 0 Å². The molecule has 0 spiro atoms.